The van der Waals surface area contributed by atoms with E-state index in [0.717, 1.165) is 12.0 Å². The van der Waals surface area contributed by atoms with Crippen LogP contribution in [0.2, 0.25) is 0 Å². The monoisotopic (exact) mass is 274 g/mol. The fourth-order valence-electron chi connectivity index (χ4n) is 2.52. The molecule has 0 heterocycles. The van der Waals surface area contributed by atoms with Crippen LogP contribution in [-0.4, -0.2) is 18.5 Å². The van der Waals surface area contributed by atoms with Crippen LogP contribution in [0.15, 0.2) is 24.3 Å². The number of aryl methyl sites for hydroxylation is 1. The second kappa shape index (κ2) is 7.44. The van der Waals surface area contributed by atoms with Crippen molar-refractivity contribution in [2.24, 2.45) is 11.7 Å². The van der Waals surface area contributed by atoms with Crippen LogP contribution >= 0.6 is 0 Å². The average molecular weight is 274 g/mol. The zero-order valence-electron chi connectivity index (χ0n) is 12.4. The molecule has 1 unspecified atom stereocenters. The molecule has 0 aliphatic heterocycles. The molecule has 2 rings (SSSR count). The van der Waals surface area contributed by atoms with E-state index in [1.54, 1.807) is 0 Å². The summed E-state index contributed by atoms with van der Waals surface area (Å²) in [6.45, 7) is 2.75. The van der Waals surface area contributed by atoms with Gasteiger partial charge in [-0.15, -0.1) is 0 Å². The summed E-state index contributed by atoms with van der Waals surface area (Å²) in [4.78, 5) is 12.0. The van der Waals surface area contributed by atoms with Crippen molar-refractivity contribution in [1.82, 2.24) is 5.32 Å². The van der Waals surface area contributed by atoms with Gasteiger partial charge in [-0.1, -0.05) is 37.6 Å². The Labute approximate surface area is 121 Å². The molecular weight excluding hydrogens is 248 g/mol. The first-order chi connectivity index (χ1) is 9.72. The second-order valence-electron chi connectivity index (χ2n) is 5.84. The quantitative estimate of drug-likeness (QED) is 0.765. The van der Waals surface area contributed by atoms with Gasteiger partial charge in [-0.25, -0.2) is 0 Å². The Morgan fingerprint density at radius 3 is 2.50 bits per heavy atom. The molecule has 3 N–H and O–H groups in total. The standard InChI is InChI=1S/C17H26N2O/c1-2-3-4-13-5-7-14(8-6-13)11-17(20)19-16(12-18)15-9-10-15/h5-8,15-16H,2-4,9-12,18H2,1H3,(H,19,20). The summed E-state index contributed by atoms with van der Waals surface area (Å²) in [6, 6.07) is 8.59. The third-order valence-electron chi connectivity index (χ3n) is 4.00. The van der Waals surface area contributed by atoms with E-state index >= 15 is 0 Å². The van der Waals surface area contributed by atoms with Crippen molar-refractivity contribution in [1.29, 1.82) is 0 Å². The van der Waals surface area contributed by atoms with E-state index in [1.165, 1.54) is 31.2 Å². The number of nitrogens with two attached hydrogens (primary N) is 1. The van der Waals surface area contributed by atoms with Crippen molar-refractivity contribution in [2.75, 3.05) is 6.54 Å². The maximum Gasteiger partial charge on any atom is 0.224 e. The van der Waals surface area contributed by atoms with Gasteiger partial charge in [0, 0.05) is 12.6 Å². The lowest BCUT2D eigenvalue weighted by molar-refractivity contribution is -0.121. The second-order valence-corrected chi connectivity index (χ2v) is 5.84. The molecule has 0 spiro atoms. The van der Waals surface area contributed by atoms with Crippen molar-refractivity contribution >= 4 is 5.91 Å². The number of nitrogens with one attached hydrogen (secondary N) is 1. The maximum atomic E-state index is 12.0. The summed E-state index contributed by atoms with van der Waals surface area (Å²) >= 11 is 0. The Morgan fingerprint density at radius 1 is 1.30 bits per heavy atom. The van der Waals surface area contributed by atoms with Gasteiger partial charge in [0.05, 0.1) is 6.42 Å². The third-order valence-corrected chi connectivity index (χ3v) is 4.00. The molecular formula is C17H26N2O. The lowest BCUT2D eigenvalue weighted by atomic mass is 10.0. The van der Waals surface area contributed by atoms with Gasteiger partial charge in [0.1, 0.15) is 0 Å². The molecule has 1 saturated carbocycles. The zero-order chi connectivity index (χ0) is 14.4. The molecule has 3 nitrogen and oxygen atoms in total. The van der Waals surface area contributed by atoms with Gasteiger partial charge in [0.15, 0.2) is 0 Å². The molecule has 1 fully saturated rings. The van der Waals surface area contributed by atoms with Crippen LogP contribution in [0, 0.1) is 5.92 Å². The average Bonchev–Trinajstić information content (AvgIpc) is 3.28. The third kappa shape index (κ3) is 4.64. The van der Waals surface area contributed by atoms with Crippen molar-refractivity contribution in [3.05, 3.63) is 35.4 Å². The first-order valence-corrected chi connectivity index (χ1v) is 7.80. The highest BCUT2D eigenvalue weighted by Gasteiger charge is 2.31. The fraction of sp³-hybridized carbons (Fsp3) is 0.588. The zero-order valence-corrected chi connectivity index (χ0v) is 12.4. The Bertz CT molecular complexity index is 423. The summed E-state index contributed by atoms with van der Waals surface area (Å²) in [7, 11) is 0. The topological polar surface area (TPSA) is 55.1 Å². The molecule has 1 aromatic carbocycles. The van der Waals surface area contributed by atoms with E-state index in [-0.39, 0.29) is 11.9 Å². The molecule has 20 heavy (non-hydrogen) atoms. The minimum absolute atomic E-state index is 0.0914. The van der Waals surface area contributed by atoms with E-state index in [4.69, 9.17) is 5.73 Å². The van der Waals surface area contributed by atoms with Crippen LogP contribution in [0.25, 0.3) is 0 Å². The number of hydrogen-bond donors (Lipinski definition) is 2. The first kappa shape index (κ1) is 15.0. The van der Waals surface area contributed by atoms with Gasteiger partial charge in [-0.2, -0.15) is 0 Å². The van der Waals surface area contributed by atoms with Gasteiger partial charge in [0.2, 0.25) is 5.91 Å². The highest BCUT2D eigenvalue weighted by molar-refractivity contribution is 5.79. The lowest BCUT2D eigenvalue weighted by Crippen LogP contribution is -2.42. The Kier molecular flexibility index (Phi) is 5.60. The normalized spacial score (nSPS) is 15.9. The van der Waals surface area contributed by atoms with Crippen molar-refractivity contribution in [3.8, 4) is 0 Å². The largest absolute Gasteiger partial charge is 0.352 e. The molecule has 1 atom stereocenters. The lowest BCUT2D eigenvalue weighted by Gasteiger charge is -2.16. The number of benzene rings is 1. The molecule has 1 aliphatic carbocycles. The van der Waals surface area contributed by atoms with Gasteiger partial charge >= 0.3 is 0 Å². The Hall–Kier alpha value is -1.35. The molecule has 0 bridgehead atoms. The molecule has 1 aliphatic rings. The van der Waals surface area contributed by atoms with Gasteiger partial charge in [0.25, 0.3) is 0 Å². The van der Waals surface area contributed by atoms with Crippen LogP contribution in [0.5, 0.6) is 0 Å². The molecule has 1 aromatic rings. The SMILES string of the molecule is CCCCc1ccc(CC(=O)NC(CN)C2CC2)cc1. The highest BCUT2D eigenvalue weighted by atomic mass is 16.1. The van der Waals surface area contributed by atoms with E-state index in [0.29, 0.717) is 18.9 Å². The maximum absolute atomic E-state index is 12.0. The number of hydrogen-bond acceptors (Lipinski definition) is 2. The van der Waals surface area contributed by atoms with E-state index in [9.17, 15) is 4.79 Å². The van der Waals surface area contributed by atoms with Crippen molar-refractivity contribution < 1.29 is 4.79 Å². The minimum Gasteiger partial charge on any atom is -0.352 e. The minimum atomic E-state index is 0.0914. The predicted octanol–water partition coefficient (Wildman–Crippen LogP) is 2.43. The van der Waals surface area contributed by atoms with Gasteiger partial charge < -0.3 is 11.1 Å². The summed E-state index contributed by atoms with van der Waals surface area (Å²) in [5.74, 6) is 0.703. The van der Waals surface area contributed by atoms with Crippen molar-refractivity contribution in [2.45, 2.75) is 51.5 Å². The van der Waals surface area contributed by atoms with Crippen LogP contribution in [0.4, 0.5) is 0 Å². The van der Waals surface area contributed by atoms with Crippen molar-refractivity contribution in [3.63, 3.8) is 0 Å². The number of amides is 1. The van der Waals surface area contributed by atoms with Gasteiger partial charge in [-0.3, -0.25) is 4.79 Å². The fourth-order valence-corrected chi connectivity index (χ4v) is 2.52. The summed E-state index contributed by atoms with van der Waals surface area (Å²) in [5, 5.41) is 3.06. The van der Waals surface area contributed by atoms with E-state index in [1.807, 2.05) is 0 Å². The number of rotatable bonds is 8. The Morgan fingerprint density at radius 2 is 1.95 bits per heavy atom. The van der Waals surface area contributed by atoms with Crippen LogP contribution in [0.3, 0.4) is 0 Å². The predicted molar refractivity (Wildman–Crippen MR) is 82.5 cm³/mol. The summed E-state index contributed by atoms with van der Waals surface area (Å²) < 4.78 is 0. The Balaban J connectivity index is 1.81. The van der Waals surface area contributed by atoms with Crippen LogP contribution in [-0.2, 0) is 17.6 Å². The smallest absolute Gasteiger partial charge is 0.224 e. The molecule has 1 amide bonds. The molecule has 3 heteroatoms. The summed E-state index contributed by atoms with van der Waals surface area (Å²) in [6.07, 6.45) is 6.42. The van der Waals surface area contributed by atoms with Crippen LogP contribution < -0.4 is 11.1 Å². The van der Waals surface area contributed by atoms with E-state index < -0.39 is 0 Å². The van der Waals surface area contributed by atoms with Crippen LogP contribution in [0.1, 0.15) is 43.7 Å². The number of carbonyl (C=O) groups excluding carboxylic acids is 1. The first-order valence-electron chi connectivity index (χ1n) is 7.80. The molecule has 0 aromatic heterocycles. The number of unbranched alkanes of at least 4 members (excludes halogenated alkanes) is 1. The molecule has 0 radical (unpaired) electrons. The highest BCUT2D eigenvalue weighted by Crippen LogP contribution is 2.32. The molecule has 110 valence electrons. The van der Waals surface area contributed by atoms with E-state index in [2.05, 4.69) is 36.5 Å². The number of carbonyl (C=O) groups is 1. The summed E-state index contributed by atoms with van der Waals surface area (Å²) in [5.41, 5.74) is 8.14. The van der Waals surface area contributed by atoms with Gasteiger partial charge in [-0.05, 0) is 42.7 Å². The molecule has 0 saturated heterocycles.